The minimum absolute atomic E-state index is 0.482. The lowest BCUT2D eigenvalue weighted by Gasteiger charge is -2.10. The van der Waals surface area contributed by atoms with Crippen molar-refractivity contribution in [1.29, 1.82) is 5.26 Å². The lowest BCUT2D eigenvalue weighted by molar-refractivity contribution is 0.842. The molecule has 0 heterocycles. The molecule has 1 nitrogen and oxygen atoms in total. The van der Waals surface area contributed by atoms with Gasteiger partial charge in [0.05, 0.1) is 11.6 Å². The summed E-state index contributed by atoms with van der Waals surface area (Å²) in [5.41, 5.74) is 2.02. The zero-order valence-corrected chi connectivity index (χ0v) is 8.98. The SMILES string of the molecule is CSc1ccc(C#N)cc1C(C)C. The molecule has 0 aromatic heterocycles. The second-order valence-electron chi connectivity index (χ2n) is 3.22. The Balaban J connectivity index is 3.20. The average molecular weight is 191 g/mol. The van der Waals surface area contributed by atoms with Crippen molar-refractivity contribution in [2.75, 3.05) is 6.26 Å². The number of rotatable bonds is 2. The van der Waals surface area contributed by atoms with Crippen LogP contribution in [0.4, 0.5) is 0 Å². The van der Waals surface area contributed by atoms with E-state index in [1.807, 2.05) is 18.2 Å². The molecule has 0 saturated heterocycles. The molecule has 0 fully saturated rings. The molecular weight excluding hydrogens is 178 g/mol. The van der Waals surface area contributed by atoms with E-state index in [1.165, 1.54) is 10.5 Å². The predicted octanol–water partition coefficient (Wildman–Crippen LogP) is 3.40. The Hall–Kier alpha value is -0.940. The highest BCUT2D eigenvalue weighted by molar-refractivity contribution is 7.98. The molecule has 0 N–H and O–H groups in total. The van der Waals surface area contributed by atoms with Gasteiger partial charge in [0.2, 0.25) is 0 Å². The first-order valence-electron chi connectivity index (χ1n) is 4.27. The van der Waals surface area contributed by atoms with Crippen molar-refractivity contribution >= 4 is 11.8 Å². The van der Waals surface area contributed by atoms with Crippen molar-refractivity contribution in [3.05, 3.63) is 29.3 Å². The Kier molecular flexibility index (Phi) is 3.39. The van der Waals surface area contributed by atoms with Gasteiger partial charge in [-0.1, -0.05) is 13.8 Å². The molecule has 13 heavy (non-hydrogen) atoms. The lowest BCUT2D eigenvalue weighted by atomic mass is 10.0. The fourth-order valence-electron chi connectivity index (χ4n) is 1.26. The van der Waals surface area contributed by atoms with Crippen molar-refractivity contribution < 1.29 is 0 Å². The van der Waals surface area contributed by atoms with Gasteiger partial charge in [-0.15, -0.1) is 11.8 Å². The van der Waals surface area contributed by atoms with Crippen LogP contribution >= 0.6 is 11.8 Å². The molecule has 2 heteroatoms. The number of hydrogen-bond donors (Lipinski definition) is 0. The topological polar surface area (TPSA) is 23.8 Å². The third-order valence-electron chi connectivity index (χ3n) is 1.98. The molecule has 0 unspecified atom stereocenters. The predicted molar refractivity (Wildman–Crippen MR) is 57.0 cm³/mol. The van der Waals surface area contributed by atoms with E-state index in [0.29, 0.717) is 5.92 Å². The number of benzene rings is 1. The van der Waals surface area contributed by atoms with Crippen LogP contribution in [-0.2, 0) is 0 Å². The van der Waals surface area contributed by atoms with Crippen molar-refractivity contribution in [2.45, 2.75) is 24.7 Å². The zero-order chi connectivity index (χ0) is 9.84. The molecule has 0 atom stereocenters. The van der Waals surface area contributed by atoms with Gasteiger partial charge < -0.3 is 0 Å². The molecule has 0 aliphatic rings. The van der Waals surface area contributed by atoms with E-state index in [0.717, 1.165) is 5.56 Å². The Bertz CT molecular complexity index is 336. The highest BCUT2D eigenvalue weighted by Crippen LogP contribution is 2.27. The van der Waals surface area contributed by atoms with E-state index in [4.69, 9.17) is 5.26 Å². The van der Waals surface area contributed by atoms with Crippen LogP contribution in [0.1, 0.15) is 30.9 Å². The standard InChI is InChI=1S/C11H13NS/c1-8(2)10-6-9(7-12)4-5-11(10)13-3/h4-6,8H,1-3H3. The first-order valence-corrected chi connectivity index (χ1v) is 5.49. The van der Waals surface area contributed by atoms with E-state index in [9.17, 15) is 0 Å². The summed E-state index contributed by atoms with van der Waals surface area (Å²) in [7, 11) is 0. The second kappa shape index (κ2) is 4.34. The number of hydrogen-bond acceptors (Lipinski definition) is 2. The van der Waals surface area contributed by atoms with Gasteiger partial charge in [0.25, 0.3) is 0 Å². The highest BCUT2D eigenvalue weighted by atomic mass is 32.2. The Morgan fingerprint density at radius 2 is 2.08 bits per heavy atom. The summed E-state index contributed by atoms with van der Waals surface area (Å²) >= 11 is 1.73. The summed E-state index contributed by atoms with van der Waals surface area (Å²) in [6, 6.07) is 8.05. The van der Waals surface area contributed by atoms with Crippen LogP contribution in [-0.4, -0.2) is 6.26 Å². The van der Waals surface area contributed by atoms with Crippen LogP contribution in [0.15, 0.2) is 23.1 Å². The van der Waals surface area contributed by atoms with E-state index in [1.54, 1.807) is 11.8 Å². The lowest BCUT2D eigenvalue weighted by Crippen LogP contribution is -1.91. The maximum Gasteiger partial charge on any atom is 0.0991 e. The number of thioether (sulfide) groups is 1. The molecule has 68 valence electrons. The first-order chi connectivity index (χ1) is 6.19. The smallest absolute Gasteiger partial charge is 0.0991 e. The summed E-state index contributed by atoms with van der Waals surface area (Å²) in [5.74, 6) is 0.482. The van der Waals surface area contributed by atoms with Gasteiger partial charge in [0.15, 0.2) is 0 Å². The van der Waals surface area contributed by atoms with Crippen LogP contribution in [0, 0.1) is 11.3 Å². The van der Waals surface area contributed by atoms with Crippen LogP contribution < -0.4 is 0 Å². The largest absolute Gasteiger partial charge is 0.192 e. The van der Waals surface area contributed by atoms with Gasteiger partial charge in [0, 0.05) is 4.90 Å². The van der Waals surface area contributed by atoms with Crippen molar-refractivity contribution in [3.8, 4) is 6.07 Å². The van der Waals surface area contributed by atoms with Crippen LogP contribution in [0.5, 0.6) is 0 Å². The molecule has 0 aliphatic heterocycles. The van der Waals surface area contributed by atoms with E-state index in [-0.39, 0.29) is 0 Å². The monoisotopic (exact) mass is 191 g/mol. The zero-order valence-electron chi connectivity index (χ0n) is 8.16. The van der Waals surface area contributed by atoms with Gasteiger partial charge >= 0.3 is 0 Å². The fourth-order valence-corrected chi connectivity index (χ4v) is 1.99. The van der Waals surface area contributed by atoms with Crippen LogP contribution in [0.2, 0.25) is 0 Å². The third-order valence-corrected chi connectivity index (χ3v) is 2.79. The Labute approximate surface area is 83.8 Å². The van der Waals surface area contributed by atoms with E-state index < -0.39 is 0 Å². The molecule has 0 aliphatic carbocycles. The number of nitriles is 1. The quantitative estimate of drug-likeness (QED) is 0.669. The maximum absolute atomic E-state index is 8.75. The van der Waals surface area contributed by atoms with E-state index >= 15 is 0 Å². The summed E-state index contributed by atoms with van der Waals surface area (Å²) in [4.78, 5) is 1.27. The third kappa shape index (κ3) is 2.26. The molecule has 0 saturated carbocycles. The molecule has 1 rings (SSSR count). The molecule has 1 aromatic rings. The molecule has 0 radical (unpaired) electrons. The van der Waals surface area contributed by atoms with Gasteiger partial charge in [-0.05, 0) is 35.9 Å². The number of nitrogens with zero attached hydrogens (tertiary/aromatic N) is 1. The van der Waals surface area contributed by atoms with Crippen molar-refractivity contribution in [3.63, 3.8) is 0 Å². The molecule has 0 amide bonds. The van der Waals surface area contributed by atoms with Crippen LogP contribution in [0.25, 0.3) is 0 Å². The molecule has 0 spiro atoms. The average Bonchev–Trinajstić information content (AvgIpc) is 2.16. The summed E-state index contributed by atoms with van der Waals surface area (Å²) < 4.78 is 0. The Morgan fingerprint density at radius 3 is 2.54 bits per heavy atom. The highest BCUT2D eigenvalue weighted by Gasteiger charge is 2.06. The van der Waals surface area contributed by atoms with Gasteiger partial charge in [-0.2, -0.15) is 5.26 Å². The van der Waals surface area contributed by atoms with Gasteiger partial charge in [-0.25, -0.2) is 0 Å². The van der Waals surface area contributed by atoms with Gasteiger partial charge in [-0.3, -0.25) is 0 Å². The molecule has 1 aromatic carbocycles. The normalized spacial score (nSPS) is 10.1. The van der Waals surface area contributed by atoms with Crippen molar-refractivity contribution in [2.24, 2.45) is 0 Å². The Morgan fingerprint density at radius 1 is 1.38 bits per heavy atom. The molecule has 0 bridgehead atoms. The maximum atomic E-state index is 8.75. The second-order valence-corrected chi connectivity index (χ2v) is 4.07. The summed E-state index contributed by atoms with van der Waals surface area (Å²) in [5, 5.41) is 8.75. The summed E-state index contributed by atoms with van der Waals surface area (Å²) in [6.07, 6.45) is 2.06. The van der Waals surface area contributed by atoms with E-state index in [2.05, 4.69) is 26.2 Å². The van der Waals surface area contributed by atoms with Gasteiger partial charge in [0.1, 0.15) is 0 Å². The fraction of sp³-hybridized carbons (Fsp3) is 0.364. The molecular formula is C11H13NS. The van der Waals surface area contributed by atoms with Crippen LogP contribution in [0.3, 0.4) is 0 Å². The minimum atomic E-state index is 0.482. The van der Waals surface area contributed by atoms with Crippen molar-refractivity contribution in [1.82, 2.24) is 0 Å². The summed E-state index contributed by atoms with van der Waals surface area (Å²) in [6.45, 7) is 4.30. The minimum Gasteiger partial charge on any atom is -0.192 e. The first kappa shape index (κ1) is 10.1.